The first-order chi connectivity index (χ1) is 51.0. The molecule has 0 aromatic rings. The predicted octanol–water partition coefficient (Wildman–Crippen LogP) is 26.4. The van der Waals surface area contributed by atoms with Gasteiger partial charge in [-0.3, -0.25) is 37.3 Å². The molecule has 0 rings (SSSR count). The van der Waals surface area contributed by atoms with Crippen molar-refractivity contribution in [3.8, 4) is 0 Å². The number of hydrogen-bond donors (Lipinski definition) is 3. The van der Waals surface area contributed by atoms with Crippen LogP contribution in [-0.2, 0) is 65.4 Å². The second-order valence-corrected chi connectivity index (χ2v) is 34.3. The number of phosphoric acid groups is 2. The average molecular weight is 1540 g/mol. The van der Waals surface area contributed by atoms with Crippen LogP contribution in [0, 0.1) is 5.92 Å². The molecule has 624 valence electrons. The van der Waals surface area contributed by atoms with Gasteiger partial charge in [-0.2, -0.15) is 0 Å². The number of phosphoric ester groups is 2. The van der Waals surface area contributed by atoms with Crippen LogP contribution < -0.4 is 0 Å². The molecule has 0 saturated carbocycles. The van der Waals surface area contributed by atoms with Crippen molar-refractivity contribution in [2.24, 2.45) is 5.92 Å². The molecule has 0 bridgehead atoms. The highest BCUT2D eigenvalue weighted by molar-refractivity contribution is 7.47. The van der Waals surface area contributed by atoms with E-state index in [0.29, 0.717) is 31.6 Å². The Hall–Kier alpha value is -1.94. The molecule has 0 aliphatic heterocycles. The van der Waals surface area contributed by atoms with Crippen molar-refractivity contribution < 1.29 is 80.2 Å². The summed E-state index contributed by atoms with van der Waals surface area (Å²) >= 11 is 0. The van der Waals surface area contributed by atoms with Gasteiger partial charge in [0.1, 0.15) is 19.3 Å². The number of ether oxygens (including phenoxy) is 4. The van der Waals surface area contributed by atoms with E-state index < -0.39 is 97.5 Å². The fraction of sp³-hybridized carbons (Fsp3) is 0.953. The summed E-state index contributed by atoms with van der Waals surface area (Å²) in [5, 5.41) is 10.7. The van der Waals surface area contributed by atoms with Gasteiger partial charge in [-0.15, -0.1) is 0 Å². The zero-order valence-electron chi connectivity index (χ0n) is 68.9. The number of rotatable bonds is 86. The van der Waals surface area contributed by atoms with E-state index in [0.717, 1.165) is 96.3 Å². The summed E-state index contributed by atoms with van der Waals surface area (Å²) in [6.07, 6.45) is 72.5. The second-order valence-electron chi connectivity index (χ2n) is 31.4. The van der Waals surface area contributed by atoms with Gasteiger partial charge in [0.2, 0.25) is 0 Å². The summed E-state index contributed by atoms with van der Waals surface area (Å²) in [4.78, 5) is 73.2. The fourth-order valence-corrected chi connectivity index (χ4v) is 15.1. The maximum atomic E-state index is 13.1. The van der Waals surface area contributed by atoms with Crippen molar-refractivity contribution in [1.29, 1.82) is 0 Å². The molecular formula is C86H168O17P2. The van der Waals surface area contributed by atoms with E-state index in [2.05, 4.69) is 34.6 Å². The lowest BCUT2D eigenvalue weighted by atomic mass is 10.0. The summed E-state index contributed by atoms with van der Waals surface area (Å²) in [5.74, 6) is -1.42. The predicted molar refractivity (Wildman–Crippen MR) is 432 cm³/mol. The monoisotopic (exact) mass is 1540 g/mol. The van der Waals surface area contributed by atoms with Gasteiger partial charge in [0.15, 0.2) is 12.2 Å². The van der Waals surface area contributed by atoms with Gasteiger partial charge in [-0.05, 0) is 31.6 Å². The van der Waals surface area contributed by atoms with Gasteiger partial charge in [-0.1, -0.05) is 413 Å². The average Bonchev–Trinajstić information content (AvgIpc) is 0.909. The fourth-order valence-electron chi connectivity index (χ4n) is 13.5. The topological polar surface area (TPSA) is 237 Å². The molecule has 17 nitrogen and oxygen atoms in total. The lowest BCUT2D eigenvalue weighted by Crippen LogP contribution is -2.30. The Morgan fingerprint density at radius 3 is 0.648 bits per heavy atom. The maximum absolute atomic E-state index is 13.1. The Kier molecular flexibility index (Phi) is 77.3. The molecule has 0 heterocycles. The van der Waals surface area contributed by atoms with Gasteiger partial charge in [-0.25, -0.2) is 9.13 Å². The second kappa shape index (κ2) is 78.7. The lowest BCUT2D eigenvalue weighted by molar-refractivity contribution is -0.161. The molecule has 2 unspecified atom stereocenters. The zero-order valence-corrected chi connectivity index (χ0v) is 70.7. The van der Waals surface area contributed by atoms with Crippen molar-refractivity contribution in [2.75, 3.05) is 39.6 Å². The molecule has 105 heavy (non-hydrogen) atoms. The maximum Gasteiger partial charge on any atom is 0.472 e. The quantitative estimate of drug-likeness (QED) is 0.0222. The molecule has 3 N–H and O–H groups in total. The number of hydrogen-bond acceptors (Lipinski definition) is 15. The summed E-state index contributed by atoms with van der Waals surface area (Å²) in [6.45, 7) is 7.28. The Labute approximate surface area is 645 Å². The standard InChI is InChI=1S/C86H168O17P2/c1-6-9-12-15-18-21-24-27-30-33-35-36-37-40-43-46-49-52-55-62-66-71-85(90)102-81(75-96-83(88)69-64-59-53-50-47-44-41-39-34-31-28-25-22-19-16-13-10-7-2)77-100-104(92,93)98-73-80(87)74-99-105(94,95)101-78-82(76-97-84(89)70-65-60-57-56-58-63-68-79(4)5)103-86(91)72-67-61-54-51-48-45-42-38-32-29-26-23-20-17-14-11-8-3/h79-82,87H,6-78H2,1-5H3,(H,92,93)(H,94,95)/t80-,81-,82-/m1/s1. The highest BCUT2D eigenvalue weighted by atomic mass is 31.2. The molecule has 5 atom stereocenters. The molecule has 19 heteroatoms. The third-order valence-electron chi connectivity index (χ3n) is 20.3. The number of esters is 4. The molecule has 0 saturated heterocycles. The Morgan fingerprint density at radius 2 is 0.438 bits per heavy atom. The highest BCUT2D eigenvalue weighted by Crippen LogP contribution is 2.45. The van der Waals surface area contributed by atoms with Crippen LogP contribution in [0.15, 0.2) is 0 Å². The van der Waals surface area contributed by atoms with E-state index in [1.807, 2.05) is 0 Å². The highest BCUT2D eigenvalue weighted by Gasteiger charge is 2.30. The normalized spacial score (nSPS) is 13.8. The number of carbonyl (C=O) groups is 4. The third-order valence-corrected chi connectivity index (χ3v) is 22.2. The SMILES string of the molecule is CCCCCCCCCCCCCCCCCCCCCCCC(=O)O[C@H](COC(=O)CCCCCCCCCCCCCCCCCCCC)COP(=O)(O)OC[C@@H](O)COP(=O)(O)OC[C@@H](COC(=O)CCCCCCCCC(C)C)OC(=O)CCCCCCCCCCCCCCCCCCC. The van der Waals surface area contributed by atoms with Gasteiger partial charge < -0.3 is 33.8 Å². The molecule has 0 aromatic carbocycles. The summed E-state index contributed by atoms with van der Waals surface area (Å²) in [6, 6.07) is 0. The first kappa shape index (κ1) is 103. The molecule has 0 aliphatic carbocycles. The molecular weight excluding hydrogens is 1370 g/mol. The molecule has 0 amide bonds. The Bertz CT molecular complexity index is 2000. The lowest BCUT2D eigenvalue weighted by Gasteiger charge is -2.21. The number of aliphatic hydroxyl groups is 1. The summed E-state index contributed by atoms with van der Waals surface area (Å²) < 4.78 is 68.9. The number of aliphatic hydroxyl groups excluding tert-OH is 1. The van der Waals surface area contributed by atoms with Crippen LogP contribution in [0.3, 0.4) is 0 Å². The minimum absolute atomic E-state index is 0.108. The van der Waals surface area contributed by atoms with Gasteiger partial charge in [0.25, 0.3) is 0 Å². The Balaban J connectivity index is 5.20. The van der Waals surface area contributed by atoms with Crippen molar-refractivity contribution in [2.45, 2.75) is 483 Å². The van der Waals surface area contributed by atoms with Gasteiger partial charge in [0, 0.05) is 25.7 Å². The first-order valence-corrected chi connectivity index (χ1v) is 47.6. The van der Waals surface area contributed by atoms with Crippen molar-refractivity contribution >= 4 is 39.5 Å². The minimum atomic E-state index is -4.96. The molecule has 0 radical (unpaired) electrons. The van der Waals surface area contributed by atoms with E-state index in [1.54, 1.807) is 0 Å². The minimum Gasteiger partial charge on any atom is -0.462 e. The smallest absolute Gasteiger partial charge is 0.462 e. The van der Waals surface area contributed by atoms with E-state index in [9.17, 15) is 43.2 Å². The van der Waals surface area contributed by atoms with Crippen molar-refractivity contribution in [3.05, 3.63) is 0 Å². The largest absolute Gasteiger partial charge is 0.472 e. The summed E-state index contributed by atoms with van der Waals surface area (Å²) in [7, 11) is -9.93. The van der Waals surface area contributed by atoms with E-state index in [1.165, 1.54) is 283 Å². The molecule has 0 fully saturated rings. The van der Waals surface area contributed by atoms with Gasteiger partial charge in [0.05, 0.1) is 26.4 Å². The van der Waals surface area contributed by atoms with Crippen LogP contribution in [0.2, 0.25) is 0 Å². The zero-order chi connectivity index (χ0) is 76.9. The van der Waals surface area contributed by atoms with Gasteiger partial charge >= 0.3 is 39.5 Å². The Morgan fingerprint density at radius 1 is 0.257 bits per heavy atom. The van der Waals surface area contributed by atoms with Crippen LogP contribution in [0.25, 0.3) is 0 Å². The molecule has 0 aromatic heterocycles. The van der Waals surface area contributed by atoms with E-state index >= 15 is 0 Å². The van der Waals surface area contributed by atoms with Crippen LogP contribution in [-0.4, -0.2) is 96.7 Å². The van der Waals surface area contributed by atoms with Crippen LogP contribution in [0.4, 0.5) is 0 Å². The first-order valence-electron chi connectivity index (χ1n) is 44.6. The van der Waals surface area contributed by atoms with Crippen LogP contribution in [0.1, 0.15) is 465 Å². The number of carbonyl (C=O) groups excluding carboxylic acids is 4. The van der Waals surface area contributed by atoms with Crippen molar-refractivity contribution in [3.63, 3.8) is 0 Å². The number of unbranched alkanes of at least 4 members (excludes halogenated alkanes) is 58. The van der Waals surface area contributed by atoms with E-state index in [4.69, 9.17) is 37.0 Å². The molecule has 0 aliphatic rings. The van der Waals surface area contributed by atoms with E-state index in [-0.39, 0.29) is 25.7 Å². The summed E-state index contributed by atoms with van der Waals surface area (Å²) in [5.41, 5.74) is 0. The van der Waals surface area contributed by atoms with Crippen molar-refractivity contribution in [1.82, 2.24) is 0 Å². The van der Waals surface area contributed by atoms with Crippen LogP contribution >= 0.6 is 15.6 Å². The molecule has 0 spiro atoms. The van der Waals surface area contributed by atoms with Crippen LogP contribution in [0.5, 0.6) is 0 Å². The third kappa shape index (κ3) is 79.9.